The SMILES string of the molecule is CCN(CC)c1ccc(CC(C)(N)N(CC)CC)cc1. The van der Waals surface area contributed by atoms with E-state index >= 15 is 0 Å². The molecule has 0 saturated heterocycles. The number of rotatable bonds is 8. The van der Waals surface area contributed by atoms with Gasteiger partial charge in [-0.2, -0.15) is 0 Å². The predicted molar refractivity (Wildman–Crippen MR) is 89.2 cm³/mol. The van der Waals surface area contributed by atoms with E-state index in [1.54, 1.807) is 0 Å². The van der Waals surface area contributed by atoms with Gasteiger partial charge in [-0.3, -0.25) is 4.90 Å². The van der Waals surface area contributed by atoms with Crippen LogP contribution in [0.2, 0.25) is 0 Å². The van der Waals surface area contributed by atoms with E-state index in [2.05, 4.69) is 68.7 Å². The second-order valence-corrected chi connectivity index (χ2v) is 5.54. The molecule has 0 aromatic heterocycles. The van der Waals surface area contributed by atoms with Crippen molar-refractivity contribution in [3.63, 3.8) is 0 Å². The standard InChI is InChI=1S/C17H31N3/c1-6-19(7-2)16-12-10-15(11-13-16)14-17(5,18)20(8-3)9-4/h10-13H,6-9,14,18H2,1-5H3. The number of hydrogen-bond donors (Lipinski definition) is 1. The lowest BCUT2D eigenvalue weighted by Crippen LogP contribution is -2.55. The van der Waals surface area contributed by atoms with Crippen LogP contribution in [0.1, 0.15) is 40.2 Å². The topological polar surface area (TPSA) is 32.5 Å². The lowest BCUT2D eigenvalue weighted by atomic mass is 10.00. The molecule has 20 heavy (non-hydrogen) atoms. The van der Waals surface area contributed by atoms with Crippen molar-refractivity contribution in [2.75, 3.05) is 31.1 Å². The van der Waals surface area contributed by atoms with Gasteiger partial charge in [0.15, 0.2) is 0 Å². The number of nitrogens with zero attached hydrogens (tertiary/aromatic N) is 2. The summed E-state index contributed by atoms with van der Waals surface area (Å²) in [6, 6.07) is 8.84. The summed E-state index contributed by atoms with van der Waals surface area (Å²) in [5, 5.41) is 0. The normalized spacial score (nSPS) is 14.3. The molecule has 0 aliphatic carbocycles. The second-order valence-electron chi connectivity index (χ2n) is 5.54. The van der Waals surface area contributed by atoms with Gasteiger partial charge in [-0.05, 0) is 51.6 Å². The first-order valence-corrected chi connectivity index (χ1v) is 7.86. The Morgan fingerprint density at radius 3 is 1.80 bits per heavy atom. The molecule has 3 heteroatoms. The molecule has 0 amide bonds. The molecule has 0 heterocycles. The highest BCUT2D eigenvalue weighted by atomic mass is 15.3. The molecule has 0 spiro atoms. The van der Waals surface area contributed by atoms with E-state index in [0.717, 1.165) is 32.6 Å². The van der Waals surface area contributed by atoms with Gasteiger partial charge >= 0.3 is 0 Å². The first-order valence-electron chi connectivity index (χ1n) is 7.86. The van der Waals surface area contributed by atoms with E-state index in [0.29, 0.717) is 0 Å². The summed E-state index contributed by atoms with van der Waals surface area (Å²) in [4.78, 5) is 4.67. The summed E-state index contributed by atoms with van der Waals surface area (Å²) in [6.45, 7) is 14.9. The zero-order chi connectivity index (χ0) is 15.2. The van der Waals surface area contributed by atoms with Gasteiger partial charge in [0, 0.05) is 25.2 Å². The number of anilines is 1. The van der Waals surface area contributed by atoms with E-state index in [9.17, 15) is 0 Å². The smallest absolute Gasteiger partial charge is 0.0699 e. The van der Waals surface area contributed by atoms with Gasteiger partial charge in [-0.15, -0.1) is 0 Å². The Bertz CT molecular complexity index is 376. The van der Waals surface area contributed by atoms with Crippen LogP contribution in [0.3, 0.4) is 0 Å². The van der Waals surface area contributed by atoms with Crippen LogP contribution in [0.15, 0.2) is 24.3 Å². The van der Waals surface area contributed by atoms with Crippen LogP contribution >= 0.6 is 0 Å². The maximum absolute atomic E-state index is 6.48. The number of benzene rings is 1. The molecule has 1 aromatic rings. The Kier molecular flexibility index (Phi) is 6.50. The highest BCUT2D eigenvalue weighted by Crippen LogP contribution is 2.19. The highest BCUT2D eigenvalue weighted by molar-refractivity contribution is 5.47. The first-order chi connectivity index (χ1) is 9.48. The molecule has 1 unspecified atom stereocenters. The molecule has 1 rings (SSSR count). The molecule has 0 fully saturated rings. The van der Waals surface area contributed by atoms with Crippen molar-refractivity contribution in [2.45, 2.75) is 46.7 Å². The number of hydrogen-bond acceptors (Lipinski definition) is 3. The van der Waals surface area contributed by atoms with Gasteiger partial charge in [0.1, 0.15) is 0 Å². The minimum atomic E-state index is -0.278. The molecule has 1 atom stereocenters. The van der Waals surface area contributed by atoms with Gasteiger partial charge in [0.25, 0.3) is 0 Å². The summed E-state index contributed by atoms with van der Waals surface area (Å²) in [7, 11) is 0. The van der Waals surface area contributed by atoms with Crippen LogP contribution in [0.5, 0.6) is 0 Å². The third-order valence-electron chi connectivity index (χ3n) is 4.11. The van der Waals surface area contributed by atoms with Crippen LogP contribution in [0.25, 0.3) is 0 Å². The van der Waals surface area contributed by atoms with E-state index in [4.69, 9.17) is 5.73 Å². The lowest BCUT2D eigenvalue weighted by molar-refractivity contribution is 0.123. The molecular formula is C17H31N3. The third kappa shape index (κ3) is 4.22. The lowest BCUT2D eigenvalue weighted by Gasteiger charge is -2.37. The van der Waals surface area contributed by atoms with E-state index in [1.165, 1.54) is 11.3 Å². The second kappa shape index (κ2) is 7.65. The quantitative estimate of drug-likeness (QED) is 0.741. The highest BCUT2D eigenvalue weighted by Gasteiger charge is 2.25. The molecule has 0 aliphatic rings. The van der Waals surface area contributed by atoms with Gasteiger partial charge in [-0.1, -0.05) is 26.0 Å². The Balaban J connectivity index is 2.79. The van der Waals surface area contributed by atoms with Crippen molar-refractivity contribution in [2.24, 2.45) is 5.73 Å². The monoisotopic (exact) mass is 277 g/mol. The van der Waals surface area contributed by atoms with Crippen molar-refractivity contribution in [1.82, 2.24) is 4.90 Å². The Hall–Kier alpha value is -1.06. The average molecular weight is 277 g/mol. The van der Waals surface area contributed by atoms with Gasteiger partial charge in [0.05, 0.1) is 5.66 Å². The van der Waals surface area contributed by atoms with Crippen LogP contribution < -0.4 is 10.6 Å². The summed E-state index contributed by atoms with van der Waals surface area (Å²) in [6.07, 6.45) is 0.882. The summed E-state index contributed by atoms with van der Waals surface area (Å²) >= 11 is 0. The van der Waals surface area contributed by atoms with E-state index in [1.807, 2.05) is 0 Å². The number of likely N-dealkylation sites (N-methyl/N-ethyl adjacent to an activating group) is 1. The molecule has 2 N–H and O–H groups in total. The fourth-order valence-electron chi connectivity index (χ4n) is 2.88. The summed E-state index contributed by atoms with van der Waals surface area (Å²) in [5.41, 5.74) is 8.80. The van der Waals surface area contributed by atoms with Crippen molar-refractivity contribution in [3.8, 4) is 0 Å². The number of nitrogens with two attached hydrogens (primary N) is 1. The molecule has 0 radical (unpaired) electrons. The minimum absolute atomic E-state index is 0.278. The minimum Gasteiger partial charge on any atom is -0.372 e. The Morgan fingerprint density at radius 1 is 0.900 bits per heavy atom. The predicted octanol–water partition coefficient (Wildman–Crippen LogP) is 3.09. The molecular weight excluding hydrogens is 246 g/mol. The van der Waals surface area contributed by atoms with Crippen molar-refractivity contribution in [3.05, 3.63) is 29.8 Å². The molecule has 0 saturated carbocycles. The average Bonchev–Trinajstić information content (AvgIpc) is 2.42. The molecule has 0 bridgehead atoms. The molecule has 114 valence electrons. The first kappa shape index (κ1) is 17.0. The Labute approximate surface area is 124 Å². The Morgan fingerprint density at radius 2 is 1.40 bits per heavy atom. The fraction of sp³-hybridized carbons (Fsp3) is 0.647. The zero-order valence-electron chi connectivity index (χ0n) is 13.8. The van der Waals surface area contributed by atoms with Crippen molar-refractivity contribution >= 4 is 5.69 Å². The fourth-order valence-corrected chi connectivity index (χ4v) is 2.88. The largest absolute Gasteiger partial charge is 0.372 e. The summed E-state index contributed by atoms with van der Waals surface area (Å²) in [5.74, 6) is 0. The summed E-state index contributed by atoms with van der Waals surface area (Å²) < 4.78 is 0. The van der Waals surface area contributed by atoms with Crippen LogP contribution in [-0.2, 0) is 6.42 Å². The maximum atomic E-state index is 6.48. The van der Waals surface area contributed by atoms with Crippen LogP contribution in [0.4, 0.5) is 5.69 Å². The van der Waals surface area contributed by atoms with Crippen molar-refractivity contribution in [1.29, 1.82) is 0 Å². The van der Waals surface area contributed by atoms with Gasteiger partial charge in [0.2, 0.25) is 0 Å². The van der Waals surface area contributed by atoms with Gasteiger partial charge < -0.3 is 10.6 Å². The molecule has 3 nitrogen and oxygen atoms in total. The van der Waals surface area contributed by atoms with Crippen LogP contribution in [0, 0.1) is 0 Å². The van der Waals surface area contributed by atoms with Gasteiger partial charge in [-0.25, -0.2) is 0 Å². The third-order valence-corrected chi connectivity index (χ3v) is 4.11. The van der Waals surface area contributed by atoms with Crippen LogP contribution in [-0.4, -0.2) is 36.7 Å². The molecule has 1 aromatic carbocycles. The zero-order valence-corrected chi connectivity index (χ0v) is 13.8. The molecule has 0 aliphatic heterocycles. The van der Waals surface area contributed by atoms with E-state index in [-0.39, 0.29) is 5.66 Å². The van der Waals surface area contributed by atoms with Crippen molar-refractivity contribution < 1.29 is 0 Å². The maximum Gasteiger partial charge on any atom is 0.0699 e. The van der Waals surface area contributed by atoms with E-state index < -0.39 is 0 Å².